The molecule has 1 saturated heterocycles. The second-order valence-corrected chi connectivity index (χ2v) is 7.74. The quantitative estimate of drug-likeness (QED) is 0.507. The lowest BCUT2D eigenvalue weighted by Gasteiger charge is -2.23. The number of thioether (sulfide) groups is 1. The molecular weight excluding hydrogens is 360 g/mol. The molecule has 0 saturated carbocycles. The van der Waals surface area contributed by atoms with E-state index in [9.17, 15) is 4.79 Å². The normalized spacial score (nSPS) is 17.3. The van der Waals surface area contributed by atoms with Gasteiger partial charge < -0.3 is 9.47 Å². The van der Waals surface area contributed by atoms with E-state index in [1.165, 1.54) is 5.56 Å². The monoisotopic (exact) mass is 382 g/mol. The molecule has 6 heteroatoms. The zero-order valence-corrected chi connectivity index (χ0v) is 16.3. The topological polar surface area (TPSA) is 53.4 Å². The van der Waals surface area contributed by atoms with Gasteiger partial charge in [0.1, 0.15) is 6.79 Å². The van der Waals surface area contributed by atoms with E-state index < -0.39 is 0 Å². The molecule has 0 N–H and O–H groups in total. The van der Waals surface area contributed by atoms with Crippen molar-refractivity contribution in [2.24, 2.45) is 0 Å². The summed E-state index contributed by atoms with van der Waals surface area (Å²) in [7, 11) is 0. The smallest absolute Gasteiger partial charge is 0.266 e. The predicted octanol–water partition coefficient (Wildman–Crippen LogP) is 3.86. The SMILES string of the molecule is Cc1ccc(-n2c(SC[C@@H]3CCOCO3)nc3ccccc3c2=O)c(C)c1. The van der Waals surface area contributed by atoms with Crippen molar-refractivity contribution >= 4 is 22.7 Å². The molecule has 0 bridgehead atoms. The Hall–Kier alpha value is -2.15. The molecule has 1 atom stereocenters. The highest BCUT2D eigenvalue weighted by Gasteiger charge is 2.19. The molecule has 1 aliphatic heterocycles. The third-order valence-electron chi connectivity index (χ3n) is 4.71. The molecule has 2 aromatic carbocycles. The highest BCUT2D eigenvalue weighted by Crippen LogP contribution is 2.25. The van der Waals surface area contributed by atoms with Gasteiger partial charge in [-0.2, -0.15) is 0 Å². The lowest BCUT2D eigenvalue weighted by Crippen LogP contribution is -2.27. The van der Waals surface area contributed by atoms with Crippen LogP contribution in [0.25, 0.3) is 16.6 Å². The van der Waals surface area contributed by atoms with E-state index in [1.807, 2.05) is 43.3 Å². The molecule has 1 aromatic heterocycles. The summed E-state index contributed by atoms with van der Waals surface area (Å²) in [6.45, 7) is 5.12. The Kier molecular flexibility index (Phi) is 5.29. The lowest BCUT2D eigenvalue weighted by molar-refractivity contribution is -0.130. The number of benzene rings is 2. The summed E-state index contributed by atoms with van der Waals surface area (Å²) >= 11 is 1.56. The Morgan fingerprint density at radius 3 is 2.85 bits per heavy atom. The fourth-order valence-corrected chi connectivity index (χ4v) is 4.35. The minimum Gasteiger partial charge on any atom is -0.355 e. The third-order valence-corrected chi connectivity index (χ3v) is 5.78. The van der Waals surface area contributed by atoms with Crippen molar-refractivity contribution in [3.8, 4) is 5.69 Å². The van der Waals surface area contributed by atoms with Gasteiger partial charge in [0.05, 0.1) is 29.3 Å². The molecule has 0 unspecified atom stereocenters. The van der Waals surface area contributed by atoms with Gasteiger partial charge >= 0.3 is 0 Å². The average Bonchev–Trinajstić information content (AvgIpc) is 2.68. The fraction of sp³-hybridized carbons (Fsp3) is 0.333. The summed E-state index contributed by atoms with van der Waals surface area (Å²) in [4.78, 5) is 18.1. The Bertz CT molecular complexity index is 1030. The summed E-state index contributed by atoms with van der Waals surface area (Å²) in [6, 6.07) is 13.6. The van der Waals surface area contributed by atoms with Gasteiger partial charge in [-0.05, 0) is 44.0 Å². The van der Waals surface area contributed by atoms with Crippen molar-refractivity contribution in [3.05, 3.63) is 63.9 Å². The summed E-state index contributed by atoms with van der Waals surface area (Å²) in [5.41, 5.74) is 3.78. The molecule has 0 aliphatic carbocycles. The molecule has 0 amide bonds. The maximum atomic E-state index is 13.3. The van der Waals surface area contributed by atoms with E-state index >= 15 is 0 Å². The Labute approximate surface area is 162 Å². The third kappa shape index (κ3) is 3.78. The molecule has 0 spiro atoms. The van der Waals surface area contributed by atoms with Crippen LogP contribution in [-0.2, 0) is 9.47 Å². The molecule has 3 aromatic rings. The number of fused-ring (bicyclic) bond motifs is 1. The second-order valence-electron chi connectivity index (χ2n) is 6.76. The van der Waals surface area contributed by atoms with Crippen LogP contribution in [0.15, 0.2) is 52.4 Å². The van der Waals surface area contributed by atoms with Crippen LogP contribution < -0.4 is 5.56 Å². The van der Waals surface area contributed by atoms with E-state index in [4.69, 9.17) is 14.5 Å². The number of ether oxygens (including phenoxy) is 2. The standard InChI is InChI=1S/C21H22N2O3S/c1-14-7-8-19(15(2)11-14)23-20(24)17-5-3-4-6-18(17)22-21(23)27-12-16-9-10-25-13-26-16/h3-8,11,16H,9-10,12-13H2,1-2H3/t16-/m0/s1. The van der Waals surface area contributed by atoms with E-state index in [1.54, 1.807) is 16.3 Å². The molecule has 27 heavy (non-hydrogen) atoms. The van der Waals surface area contributed by atoms with Gasteiger partial charge in [-0.3, -0.25) is 9.36 Å². The maximum Gasteiger partial charge on any atom is 0.266 e. The van der Waals surface area contributed by atoms with Crippen LogP contribution in [-0.4, -0.2) is 34.8 Å². The highest BCUT2D eigenvalue weighted by molar-refractivity contribution is 7.99. The van der Waals surface area contributed by atoms with Crippen LogP contribution in [0.2, 0.25) is 0 Å². The van der Waals surface area contributed by atoms with Crippen LogP contribution in [0.1, 0.15) is 17.5 Å². The molecule has 140 valence electrons. The summed E-state index contributed by atoms with van der Waals surface area (Å²) in [5, 5.41) is 1.32. The van der Waals surface area contributed by atoms with Crippen molar-refractivity contribution in [2.75, 3.05) is 19.2 Å². The number of para-hydroxylation sites is 1. The molecule has 1 aliphatic rings. The first kappa shape index (κ1) is 18.2. The van der Waals surface area contributed by atoms with Crippen molar-refractivity contribution < 1.29 is 9.47 Å². The zero-order chi connectivity index (χ0) is 18.8. The van der Waals surface area contributed by atoms with Crippen LogP contribution in [0, 0.1) is 13.8 Å². The molecule has 2 heterocycles. The molecule has 1 fully saturated rings. The zero-order valence-electron chi connectivity index (χ0n) is 15.5. The lowest BCUT2D eigenvalue weighted by atomic mass is 10.1. The predicted molar refractivity (Wildman–Crippen MR) is 108 cm³/mol. The van der Waals surface area contributed by atoms with Gasteiger partial charge in [-0.1, -0.05) is 41.6 Å². The van der Waals surface area contributed by atoms with E-state index in [0.717, 1.165) is 28.9 Å². The van der Waals surface area contributed by atoms with Gasteiger partial charge in [0.25, 0.3) is 5.56 Å². The molecule has 5 nitrogen and oxygen atoms in total. The van der Waals surface area contributed by atoms with Gasteiger partial charge in [0, 0.05) is 5.75 Å². The van der Waals surface area contributed by atoms with Crippen molar-refractivity contribution in [3.63, 3.8) is 0 Å². The second kappa shape index (κ2) is 7.84. The molecular formula is C21H22N2O3S. The van der Waals surface area contributed by atoms with Crippen LogP contribution >= 0.6 is 11.8 Å². The van der Waals surface area contributed by atoms with Crippen molar-refractivity contribution in [2.45, 2.75) is 31.5 Å². The Morgan fingerprint density at radius 1 is 1.22 bits per heavy atom. The van der Waals surface area contributed by atoms with Crippen LogP contribution in [0.5, 0.6) is 0 Å². The first-order valence-electron chi connectivity index (χ1n) is 9.05. The Balaban J connectivity index is 1.81. The number of hydrogen-bond donors (Lipinski definition) is 0. The summed E-state index contributed by atoms with van der Waals surface area (Å²) in [5.74, 6) is 0.735. The molecule has 0 radical (unpaired) electrons. The number of aromatic nitrogens is 2. The van der Waals surface area contributed by atoms with Crippen LogP contribution in [0.4, 0.5) is 0 Å². The number of hydrogen-bond acceptors (Lipinski definition) is 5. The van der Waals surface area contributed by atoms with Crippen molar-refractivity contribution in [1.82, 2.24) is 9.55 Å². The fourth-order valence-electron chi connectivity index (χ4n) is 3.28. The van der Waals surface area contributed by atoms with Gasteiger partial charge in [-0.15, -0.1) is 0 Å². The van der Waals surface area contributed by atoms with Gasteiger partial charge in [0.2, 0.25) is 0 Å². The number of rotatable bonds is 4. The minimum absolute atomic E-state index is 0.0389. The van der Waals surface area contributed by atoms with E-state index in [-0.39, 0.29) is 11.7 Å². The summed E-state index contributed by atoms with van der Waals surface area (Å²) in [6.07, 6.45) is 0.966. The highest BCUT2D eigenvalue weighted by atomic mass is 32.2. The average molecular weight is 382 g/mol. The van der Waals surface area contributed by atoms with E-state index in [2.05, 4.69) is 13.0 Å². The first-order valence-corrected chi connectivity index (χ1v) is 10.0. The molecule has 4 rings (SSSR count). The minimum atomic E-state index is -0.0389. The summed E-state index contributed by atoms with van der Waals surface area (Å²) < 4.78 is 12.6. The number of aryl methyl sites for hydroxylation is 2. The largest absolute Gasteiger partial charge is 0.355 e. The maximum absolute atomic E-state index is 13.3. The van der Waals surface area contributed by atoms with Gasteiger partial charge in [0.15, 0.2) is 5.16 Å². The van der Waals surface area contributed by atoms with Crippen molar-refractivity contribution in [1.29, 1.82) is 0 Å². The Morgan fingerprint density at radius 2 is 2.07 bits per heavy atom. The van der Waals surface area contributed by atoms with Gasteiger partial charge in [-0.25, -0.2) is 4.98 Å². The number of nitrogens with zero attached hydrogens (tertiary/aromatic N) is 2. The van der Waals surface area contributed by atoms with E-state index in [0.29, 0.717) is 23.9 Å². The van der Waals surface area contributed by atoms with Crippen LogP contribution in [0.3, 0.4) is 0 Å². The first-order chi connectivity index (χ1) is 13.1.